The van der Waals surface area contributed by atoms with Crippen molar-refractivity contribution in [3.8, 4) is 0 Å². The van der Waals surface area contributed by atoms with Gasteiger partial charge in [0, 0.05) is 30.6 Å². The number of ether oxygens (including phenoxy) is 1. The van der Waals surface area contributed by atoms with Crippen molar-refractivity contribution >= 4 is 21.4 Å². The first-order chi connectivity index (χ1) is 9.41. The number of hydrogen-bond donors (Lipinski definition) is 1. The molecule has 0 saturated carbocycles. The van der Waals surface area contributed by atoms with E-state index in [2.05, 4.69) is 5.32 Å². The average Bonchev–Trinajstić information content (AvgIpc) is 2.85. The molecule has 1 aromatic heterocycles. The number of thiophene rings is 1. The highest BCUT2D eigenvalue weighted by molar-refractivity contribution is 7.89. The van der Waals surface area contributed by atoms with Crippen molar-refractivity contribution in [2.24, 2.45) is 0 Å². The van der Waals surface area contributed by atoms with Crippen LogP contribution in [0.15, 0.2) is 16.3 Å². The Labute approximate surface area is 125 Å². The lowest BCUT2D eigenvalue weighted by molar-refractivity contribution is 0.0102. The summed E-state index contributed by atoms with van der Waals surface area (Å²) in [6.45, 7) is 7.90. The number of nitrogens with one attached hydrogen (secondary N) is 1. The molecule has 0 bridgehead atoms. The summed E-state index contributed by atoms with van der Waals surface area (Å²) in [5, 5.41) is 5.12. The van der Waals surface area contributed by atoms with Gasteiger partial charge in [-0.1, -0.05) is 13.8 Å². The van der Waals surface area contributed by atoms with Crippen molar-refractivity contribution in [1.82, 2.24) is 9.62 Å². The summed E-state index contributed by atoms with van der Waals surface area (Å²) in [5.74, 6) is 0. The molecule has 1 aliphatic heterocycles. The molecule has 0 spiro atoms. The predicted octanol–water partition coefficient (Wildman–Crippen LogP) is 1.66. The van der Waals surface area contributed by atoms with Crippen LogP contribution in [-0.2, 0) is 21.3 Å². The maximum atomic E-state index is 12.7. The number of morpholine rings is 1. The number of hydrogen-bond acceptors (Lipinski definition) is 5. The second kappa shape index (κ2) is 6.53. The standard InChI is InChI=1S/C13H22N2O3S2/c1-10(2)14-8-12-13(4-7-19-12)20(16,17)15-5-6-18-11(3)9-15/h4,7,10-11,14H,5-6,8-9H2,1-3H3. The highest BCUT2D eigenvalue weighted by atomic mass is 32.2. The molecule has 114 valence electrons. The first kappa shape index (κ1) is 15.9. The molecule has 0 radical (unpaired) electrons. The summed E-state index contributed by atoms with van der Waals surface area (Å²) in [6.07, 6.45) is -0.0469. The van der Waals surface area contributed by atoms with Gasteiger partial charge in [-0.25, -0.2) is 8.42 Å². The molecule has 2 heterocycles. The van der Waals surface area contributed by atoms with Crippen LogP contribution >= 0.6 is 11.3 Å². The van der Waals surface area contributed by atoms with E-state index in [0.717, 1.165) is 4.88 Å². The van der Waals surface area contributed by atoms with Crippen molar-refractivity contribution < 1.29 is 13.2 Å². The van der Waals surface area contributed by atoms with Crippen LogP contribution in [-0.4, -0.2) is 44.6 Å². The van der Waals surface area contributed by atoms with Gasteiger partial charge in [0.25, 0.3) is 0 Å². The van der Waals surface area contributed by atoms with Gasteiger partial charge in [-0.2, -0.15) is 4.31 Å². The van der Waals surface area contributed by atoms with E-state index in [1.807, 2.05) is 26.2 Å². The van der Waals surface area contributed by atoms with Crippen LogP contribution in [0.25, 0.3) is 0 Å². The van der Waals surface area contributed by atoms with Gasteiger partial charge < -0.3 is 10.1 Å². The van der Waals surface area contributed by atoms with Crippen LogP contribution in [0.3, 0.4) is 0 Å². The maximum Gasteiger partial charge on any atom is 0.244 e. The van der Waals surface area contributed by atoms with Crippen LogP contribution in [0, 0.1) is 0 Å². The SMILES string of the molecule is CC(C)NCc1sccc1S(=O)(=O)N1CCOC(C)C1. The van der Waals surface area contributed by atoms with E-state index < -0.39 is 10.0 Å². The van der Waals surface area contributed by atoms with E-state index in [1.165, 1.54) is 15.6 Å². The molecule has 0 aromatic carbocycles. The molecule has 1 fully saturated rings. The number of rotatable bonds is 5. The summed E-state index contributed by atoms with van der Waals surface area (Å²) < 4.78 is 32.4. The van der Waals surface area contributed by atoms with E-state index in [1.54, 1.807) is 6.07 Å². The van der Waals surface area contributed by atoms with E-state index in [4.69, 9.17) is 4.74 Å². The zero-order chi connectivity index (χ0) is 14.8. The molecule has 5 nitrogen and oxygen atoms in total. The van der Waals surface area contributed by atoms with Gasteiger partial charge in [0.2, 0.25) is 10.0 Å². The number of sulfonamides is 1. The third-order valence-corrected chi connectivity index (χ3v) is 6.20. The fraction of sp³-hybridized carbons (Fsp3) is 0.692. The molecule has 20 heavy (non-hydrogen) atoms. The topological polar surface area (TPSA) is 58.6 Å². The van der Waals surface area contributed by atoms with E-state index in [0.29, 0.717) is 37.2 Å². The van der Waals surface area contributed by atoms with Gasteiger partial charge in [0.1, 0.15) is 0 Å². The lowest BCUT2D eigenvalue weighted by Gasteiger charge is -2.30. The minimum absolute atomic E-state index is 0.0469. The second-order valence-electron chi connectivity index (χ2n) is 5.29. The maximum absolute atomic E-state index is 12.7. The number of nitrogens with zero attached hydrogens (tertiary/aromatic N) is 1. The van der Waals surface area contributed by atoms with Crippen LogP contribution in [0.2, 0.25) is 0 Å². The first-order valence-corrected chi connectivity index (χ1v) is 9.14. The molecular formula is C13H22N2O3S2. The van der Waals surface area contributed by atoms with Crippen molar-refractivity contribution in [1.29, 1.82) is 0 Å². The zero-order valence-corrected chi connectivity index (χ0v) is 13.8. The second-order valence-corrected chi connectivity index (χ2v) is 8.20. The van der Waals surface area contributed by atoms with Crippen molar-refractivity contribution in [2.75, 3.05) is 19.7 Å². The zero-order valence-electron chi connectivity index (χ0n) is 12.1. The van der Waals surface area contributed by atoms with Crippen LogP contribution < -0.4 is 5.32 Å². The molecular weight excluding hydrogens is 296 g/mol. The van der Waals surface area contributed by atoms with Crippen molar-refractivity contribution in [3.05, 3.63) is 16.3 Å². The molecule has 7 heteroatoms. The lowest BCUT2D eigenvalue weighted by Crippen LogP contribution is -2.44. The summed E-state index contributed by atoms with van der Waals surface area (Å²) in [7, 11) is -3.41. The van der Waals surface area contributed by atoms with E-state index in [9.17, 15) is 8.42 Å². The summed E-state index contributed by atoms with van der Waals surface area (Å²) in [6, 6.07) is 2.04. The fourth-order valence-corrected chi connectivity index (χ4v) is 4.99. The highest BCUT2D eigenvalue weighted by Crippen LogP contribution is 2.26. The van der Waals surface area contributed by atoms with Crippen LogP contribution in [0.4, 0.5) is 0 Å². The summed E-state index contributed by atoms with van der Waals surface area (Å²) >= 11 is 1.48. The normalized spacial score (nSPS) is 21.5. The molecule has 1 aliphatic rings. The quantitative estimate of drug-likeness (QED) is 0.897. The predicted molar refractivity (Wildman–Crippen MR) is 80.5 cm³/mol. The minimum Gasteiger partial charge on any atom is -0.376 e. The monoisotopic (exact) mass is 318 g/mol. The Hall–Kier alpha value is -0.470. The molecule has 1 atom stereocenters. The molecule has 1 unspecified atom stereocenters. The van der Waals surface area contributed by atoms with Crippen molar-refractivity contribution in [3.63, 3.8) is 0 Å². The average molecular weight is 318 g/mol. The smallest absolute Gasteiger partial charge is 0.244 e. The van der Waals surface area contributed by atoms with Crippen LogP contribution in [0.1, 0.15) is 25.6 Å². The Bertz CT molecular complexity index is 540. The fourth-order valence-electron chi connectivity index (χ4n) is 2.13. The Morgan fingerprint density at radius 3 is 2.95 bits per heavy atom. The van der Waals surface area contributed by atoms with Gasteiger partial charge in [0.05, 0.1) is 17.6 Å². The summed E-state index contributed by atoms with van der Waals surface area (Å²) in [5.41, 5.74) is 0. The Morgan fingerprint density at radius 1 is 1.55 bits per heavy atom. The van der Waals surface area contributed by atoms with E-state index >= 15 is 0 Å². The highest BCUT2D eigenvalue weighted by Gasteiger charge is 2.31. The van der Waals surface area contributed by atoms with Crippen LogP contribution in [0.5, 0.6) is 0 Å². The molecule has 1 saturated heterocycles. The van der Waals surface area contributed by atoms with Gasteiger partial charge >= 0.3 is 0 Å². The van der Waals surface area contributed by atoms with E-state index in [-0.39, 0.29) is 6.10 Å². The molecule has 0 amide bonds. The molecule has 1 aromatic rings. The summed E-state index contributed by atoms with van der Waals surface area (Å²) in [4.78, 5) is 1.31. The van der Waals surface area contributed by atoms with Gasteiger partial charge in [-0.15, -0.1) is 11.3 Å². The Morgan fingerprint density at radius 2 is 2.30 bits per heavy atom. The van der Waals surface area contributed by atoms with Gasteiger partial charge in [-0.3, -0.25) is 0 Å². The Balaban J connectivity index is 2.19. The molecule has 2 rings (SSSR count). The van der Waals surface area contributed by atoms with Gasteiger partial charge in [0.15, 0.2) is 0 Å². The largest absolute Gasteiger partial charge is 0.376 e. The Kier molecular flexibility index (Phi) is 5.19. The third-order valence-electron chi connectivity index (χ3n) is 3.20. The third kappa shape index (κ3) is 3.59. The van der Waals surface area contributed by atoms with Gasteiger partial charge in [-0.05, 0) is 18.4 Å². The molecule has 1 N–H and O–H groups in total. The lowest BCUT2D eigenvalue weighted by atomic mass is 10.3. The molecule has 0 aliphatic carbocycles. The first-order valence-electron chi connectivity index (χ1n) is 6.82. The van der Waals surface area contributed by atoms with Crippen molar-refractivity contribution in [2.45, 2.75) is 44.4 Å². The minimum atomic E-state index is -3.41.